The largest absolute Gasteiger partial charge is 0.497 e. The van der Waals surface area contributed by atoms with Crippen LogP contribution in [0.2, 0.25) is 0 Å². The molecule has 0 aliphatic rings. The van der Waals surface area contributed by atoms with Crippen LogP contribution in [0.25, 0.3) is 10.2 Å². The van der Waals surface area contributed by atoms with Crippen LogP contribution in [0.1, 0.15) is 0 Å². The van der Waals surface area contributed by atoms with Gasteiger partial charge in [-0.1, -0.05) is 17.4 Å². The molecular weight excluding hydrogens is 397 g/mol. The average Bonchev–Trinajstić information content (AvgIpc) is 3.12. The van der Waals surface area contributed by atoms with Gasteiger partial charge in [0.1, 0.15) is 17.1 Å². The van der Waals surface area contributed by atoms with Gasteiger partial charge in [0.05, 0.1) is 17.6 Å². The number of benzene rings is 2. The molecule has 8 heteroatoms. The van der Waals surface area contributed by atoms with E-state index in [1.807, 2.05) is 49.3 Å². The SMILES string of the molecule is COc1ccc(SCC(=O)N(CCN(C)C)c2nc3c(F)cccc3s2)cc1. The summed E-state index contributed by atoms with van der Waals surface area (Å²) < 4.78 is 19.9. The highest BCUT2D eigenvalue weighted by Gasteiger charge is 2.21. The zero-order valence-corrected chi connectivity index (χ0v) is 17.6. The number of methoxy groups -OCH3 is 1. The Morgan fingerprint density at radius 2 is 1.93 bits per heavy atom. The number of carbonyl (C=O) groups excluding carboxylic acids is 1. The molecule has 148 valence electrons. The first kappa shape index (κ1) is 20.6. The summed E-state index contributed by atoms with van der Waals surface area (Å²) in [5, 5.41) is 0.530. The number of para-hydroxylation sites is 1. The number of anilines is 1. The normalized spacial score (nSPS) is 11.2. The Bertz CT molecular complexity index is 944. The first-order valence-electron chi connectivity index (χ1n) is 8.75. The molecule has 2 aromatic carbocycles. The van der Waals surface area contributed by atoms with E-state index in [0.717, 1.165) is 15.3 Å². The van der Waals surface area contributed by atoms with E-state index < -0.39 is 0 Å². The van der Waals surface area contributed by atoms with Crippen LogP contribution in [0.4, 0.5) is 9.52 Å². The highest BCUT2D eigenvalue weighted by molar-refractivity contribution is 8.00. The monoisotopic (exact) mass is 419 g/mol. The number of aromatic nitrogens is 1. The van der Waals surface area contributed by atoms with E-state index in [2.05, 4.69) is 4.98 Å². The Labute approximate surface area is 172 Å². The molecule has 0 saturated carbocycles. The highest BCUT2D eigenvalue weighted by atomic mass is 32.2. The number of rotatable bonds is 8. The van der Waals surface area contributed by atoms with Crippen molar-refractivity contribution in [2.24, 2.45) is 0 Å². The van der Waals surface area contributed by atoms with Gasteiger partial charge in [0.25, 0.3) is 0 Å². The van der Waals surface area contributed by atoms with Crippen molar-refractivity contribution in [2.45, 2.75) is 4.90 Å². The lowest BCUT2D eigenvalue weighted by Crippen LogP contribution is -2.37. The molecule has 0 bridgehead atoms. The summed E-state index contributed by atoms with van der Waals surface area (Å²) in [4.78, 5) is 22.0. The van der Waals surface area contributed by atoms with E-state index in [-0.39, 0.29) is 17.5 Å². The predicted octanol–water partition coefficient (Wildman–Crippen LogP) is 4.13. The Hall–Kier alpha value is -2.16. The van der Waals surface area contributed by atoms with Gasteiger partial charge in [0, 0.05) is 18.0 Å². The van der Waals surface area contributed by atoms with Gasteiger partial charge in [-0.15, -0.1) is 11.8 Å². The Morgan fingerprint density at radius 3 is 2.57 bits per heavy atom. The molecular formula is C20H22FN3O2S2. The van der Waals surface area contributed by atoms with Gasteiger partial charge in [-0.2, -0.15) is 0 Å². The van der Waals surface area contributed by atoms with E-state index in [9.17, 15) is 9.18 Å². The fourth-order valence-corrected chi connectivity index (χ4v) is 4.34. The van der Waals surface area contributed by atoms with Crippen LogP contribution >= 0.6 is 23.1 Å². The van der Waals surface area contributed by atoms with Gasteiger partial charge in [-0.25, -0.2) is 9.37 Å². The molecule has 1 heterocycles. The van der Waals surface area contributed by atoms with Crippen molar-refractivity contribution in [3.63, 3.8) is 0 Å². The lowest BCUT2D eigenvalue weighted by molar-refractivity contribution is -0.116. The lowest BCUT2D eigenvalue weighted by atomic mass is 10.3. The van der Waals surface area contributed by atoms with E-state index in [1.54, 1.807) is 18.1 Å². The van der Waals surface area contributed by atoms with Gasteiger partial charge in [-0.3, -0.25) is 9.69 Å². The van der Waals surface area contributed by atoms with Crippen molar-refractivity contribution >= 4 is 44.4 Å². The number of carbonyl (C=O) groups is 1. The van der Waals surface area contributed by atoms with E-state index in [0.29, 0.717) is 23.7 Å². The molecule has 3 rings (SSSR count). The van der Waals surface area contributed by atoms with Gasteiger partial charge in [0.15, 0.2) is 5.13 Å². The summed E-state index contributed by atoms with van der Waals surface area (Å²) >= 11 is 2.79. The third kappa shape index (κ3) is 5.01. The molecule has 0 radical (unpaired) electrons. The molecule has 1 amide bonds. The van der Waals surface area contributed by atoms with E-state index in [1.165, 1.54) is 29.2 Å². The number of ether oxygens (including phenoxy) is 1. The molecule has 28 heavy (non-hydrogen) atoms. The fraction of sp³-hybridized carbons (Fsp3) is 0.300. The molecule has 0 atom stereocenters. The van der Waals surface area contributed by atoms with Crippen LogP contribution in [0.15, 0.2) is 47.4 Å². The van der Waals surface area contributed by atoms with E-state index in [4.69, 9.17) is 4.74 Å². The molecule has 0 fully saturated rings. The summed E-state index contributed by atoms with van der Waals surface area (Å²) in [5.74, 6) is 0.632. The van der Waals surface area contributed by atoms with E-state index >= 15 is 0 Å². The Morgan fingerprint density at radius 1 is 1.18 bits per heavy atom. The minimum atomic E-state index is -0.368. The third-order valence-corrected chi connectivity index (χ3v) is 6.12. The number of thioether (sulfide) groups is 1. The average molecular weight is 420 g/mol. The summed E-state index contributed by atoms with van der Waals surface area (Å²) in [6.07, 6.45) is 0. The number of nitrogens with zero attached hydrogens (tertiary/aromatic N) is 3. The number of likely N-dealkylation sites (N-methyl/N-ethyl adjacent to an activating group) is 1. The fourth-order valence-electron chi connectivity index (χ4n) is 2.54. The molecule has 0 unspecified atom stereocenters. The number of hydrogen-bond acceptors (Lipinski definition) is 6. The molecule has 3 aromatic rings. The second kappa shape index (κ2) is 9.36. The molecule has 1 aromatic heterocycles. The van der Waals surface area contributed by atoms with Gasteiger partial charge in [0.2, 0.25) is 5.91 Å². The van der Waals surface area contributed by atoms with Gasteiger partial charge in [-0.05, 0) is 50.5 Å². The summed E-state index contributed by atoms with van der Waals surface area (Å²) in [6.45, 7) is 1.19. The summed E-state index contributed by atoms with van der Waals surface area (Å²) in [5.41, 5.74) is 0.313. The minimum absolute atomic E-state index is 0.0536. The standard InChI is InChI=1S/C20H22FN3O2S2/c1-23(2)11-12-24(20-22-19-16(21)5-4-6-17(19)28-20)18(25)13-27-15-9-7-14(26-3)8-10-15/h4-10H,11-13H2,1-3H3. The Kier molecular flexibility index (Phi) is 6.88. The van der Waals surface area contributed by atoms with Crippen LogP contribution in [-0.4, -0.2) is 55.8 Å². The van der Waals surface area contributed by atoms with Crippen molar-refractivity contribution in [3.05, 3.63) is 48.3 Å². The van der Waals surface area contributed by atoms with Gasteiger partial charge >= 0.3 is 0 Å². The third-order valence-electron chi connectivity index (χ3n) is 4.08. The van der Waals surface area contributed by atoms with Crippen LogP contribution in [0.3, 0.4) is 0 Å². The van der Waals surface area contributed by atoms with Crippen molar-refractivity contribution in [1.29, 1.82) is 0 Å². The summed E-state index contributed by atoms with van der Waals surface area (Å²) in [7, 11) is 5.52. The van der Waals surface area contributed by atoms with Gasteiger partial charge < -0.3 is 9.64 Å². The molecule has 5 nitrogen and oxygen atoms in total. The number of thiazole rings is 1. The first-order chi connectivity index (χ1) is 13.5. The second-order valence-electron chi connectivity index (χ2n) is 6.40. The number of hydrogen-bond donors (Lipinski definition) is 0. The zero-order valence-electron chi connectivity index (χ0n) is 16.0. The van der Waals surface area contributed by atoms with Crippen LogP contribution in [0.5, 0.6) is 5.75 Å². The number of halogens is 1. The molecule has 0 saturated heterocycles. The predicted molar refractivity (Wildman–Crippen MR) is 114 cm³/mol. The molecule has 0 N–H and O–H groups in total. The number of amides is 1. The molecule has 0 aliphatic carbocycles. The van der Waals surface area contributed by atoms with Crippen molar-refractivity contribution in [2.75, 3.05) is 44.9 Å². The maximum absolute atomic E-state index is 14.0. The van der Waals surface area contributed by atoms with Crippen LogP contribution in [0, 0.1) is 5.82 Å². The summed E-state index contributed by atoms with van der Waals surface area (Å²) in [6, 6.07) is 12.4. The topological polar surface area (TPSA) is 45.7 Å². The van der Waals surface area contributed by atoms with Crippen LogP contribution in [-0.2, 0) is 4.79 Å². The zero-order chi connectivity index (χ0) is 20.1. The van der Waals surface area contributed by atoms with Crippen molar-refractivity contribution < 1.29 is 13.9 Å². The highest BCUT2D eigenvalue weighted by Crippen LogP contribution is 2.31. The number of fused-ring (bicyclic) bond motifs is 1. The maximum Gasteiger partial charge on any atom is 0.239 e. The molecule has 0 spiro atoms. The van der Waals surface area contributed by atoms with Crippen LogP contribution < -0.4 is 9.64 Å². The minimum Gasteiger partial charge on any atom is -0.497 e. The first-order valence-corrected chi connectivity index (χ1v) is 10.5. The lowest BCUT2D eigenvalue weighted by Gasteiger charge is -2.21. The van der Waals surface area contributed by atoms with Crippen molar-refractivity contribution in [1.82, 2.24) is 9.88 Å². The van der Waals surface area contributed by atoms with Crippen molar-refractivity contribution in [3.8, 4) is 5.75 Å². The smallest absolute Gasteiger partial charge is 0.239 e. The quantitative estimate of drug-likeness (QED) is 0.514. The Balaban J connectivity index is 1.77. The molecule has 0 aliphatic heterocycles. The second-order valence-corrected chi connectivity index (χ2v) is 8.45. The maximum atomic E-state index is 14.0.